The minimum atomic E-state index is -0.530. The van der Waals surface area contributed by atoms with E-state index in [1.165, 1.54) is 6.20 Å². The Kier molecular flexibility index (Phi) is 5.81. The second-order valence-corrected chi connectivity index (χ2v) is 6.56. The molecule has 28 heavy (non-hydrogen) atoms. The molecule has 0 unspecified atom stereocenters. The number of benzene rings is 1. The van der Waals surface area contributed by atoms with Crippen LogP contribution in [-0.4, -0.2) is 25.8 Å². The molecule has 9 heteroatoms. The number of aryl methyl sites for hydroxylation is 2. The monoisotopic (exact) mass is 400 g/mol. The van der Waals surface area contributed by atoms with Crippen LogP contribution in [0.4, 0.5) is 23.0 Å². The van der Waals surface area contributed by atoms with Gasteiger partial charge in [-0.15, -0.1) is 0 Å². The smallest absolute Gasteiger partial charge is 0.250 e. The van der Waals surface area contributed by atoms with E-state index in [0.717, 1.165) is 5.56 Å². The third kappa shape index (κ3) is 4.08. The van der Waals surface area contributed by atoms with Crippen molar-refractivity contribution in [3.8, 4) is 0 Å². The van der Waals surface area contributed by atoms with Gasteiger partial charge in [-0.2, -0.15) is 5.10 Å². The lowest BCUT2D eigenvalue weighted by atomic mass is 10.1. The summed E-state index contributed by atoms with van der Waals surface area (Å²) >= 11 is 6.30. The summed E-state index contributed by atoms with van der Waals surface area (Å²) in [5.41, 5.74) is 8.44. The largest absolute Gasteiger partial charge is 0.390 e. The van der Waals surface area contributed by atoms with Gasteiger partial charge in [-0.25, -0.2) is 9.67 Å². The highest BCUT2D eigenvalue weighted by atomic mass is 35.5. The molecule has 2 heterocycles. The number of nitrogens with two attached hydrogens (primary N) is 1. The van der Waals surface area contributed by atoms with Crippen LogP contribution in [0, 0.1) is 6.92 Å². The van der Waals surface area contributed by atoms with Crippen LogP contribution in [0.15, 0.2) is 36.5 Å². The molecule has 146 valence electrons. The van der Waals surface area contributed by atoms with Gasteiger partial charge in [-0.05, 0) is 25.5 Å². The fraction of sp³-hybridized carbons (Fsp3) is 0.211. The first-order chi connectivity index (χ1) is 13.4. The summed E-state index contributed by atoms with van der Waals surface area (Å²) in [7, 11) is 0. The van der Waals surface area contributed by atoms with Crippen LogP contribution >= 0.6 is 11.6 Å². The summed E-state index contributed by atoms with van der Waals surface area (Å²) < 4.78 is 1.72. The topological polar surface area (TPSA) is 118 Å². The van der Waals surface area contributed by atoms with Gasteiger partial charge in [0.2, 0.25) is 0 Å². The van der Waals surface area contributed by atoms with Crippen molar-refractivity contribution in [2.24, 2.45) is 5.73 Å². The van der Waals surface area contributed by atoms with Crippen LogP contribution in [0.1, 0.15) is 28.5 Å². The van der Waals surface area contributed by atoms with Crippen molar-refractivity contribution >= 4 is 40.5 Å². The average Bonchev–Trinajstić information content (AvgIpc) is 3.07. The second kappa shape index (κ2) is 8.28. The third-order valence-corrected chi connectivity index (χ3v) is 4.50. The quantitative estimate of drug-likeness (QED) is 0.483. The van der Waals surface area contributed by atoms with E-state index in [-0.39, 0.29) is 6.61 Å². The van der Waals surface area contributed by atoms with Gasteiger partial charge in [0.05, 0.1) is 40.5 Å². The number of aromatic nitrogens is 3. The molecule has 0 aliphatic carbocycles. The van der Waals surface area contributed by atoms with Crippen molar-refractivity contribution in [1.29, 1.82) is 0 Å². The maximum atomic E-state index is 11.8. The molecule has 0 saturated heterocycles. The van der Waals surface area contributed by atoms with Crippen LogP contribution < -0.4 is 16.4 Å². The maximum Gasteiger partial charge on any atom is 0.250 e. The molecule has 3 rings (SSSR count). The molecule has 5 N–H and O–H groups in total. The van der Waals surface area contributed by atoms with E-state index in [0.29, 0.717) is 45.8 Å². The van der Waals surface area contributed by atoms with E-state index < -0.39 is 5.91 Å². The lowest BCUT2D eigenvalue weighted by Crippen LogP contribution is -2.14. The number of aliphatic hydroxyl groups excluding tert-OH is 1. The number of amides is 1. The normalized spacial score (nSPS) is 10.7. The van der Waals surface area contributed by atoms with Gasteiger partial charge in [-0.1, -0.05) is 23.7 Å². The molecule has 0 fully saturated rings. The number of carbonyl (C=O) groups excluding carboxylic acids is 1. The molecule has 1 amide bonds. The number of hydrogen-bond acceptors (Lipinski definition) is 6. The zero-order chi connectivity index (χ0) is 20.3. The second-order valence-electron chi connectivity index (χ2n) is 6.16. The van der Waals surface area contributed by atoms with E-state index in [9.17, 15) is 9.90 Å². The van der Waals surface area contributed by atoms with Gasteiger partial charge in [0.25, 0.3) is 5.91 Å². The number of anilines is 4. The van der Waals surface area contributed by atoms with Gasteiger partial charge in [0.15, 0.2) is 0 Å². The molecule has 3 aromatic rings. The molecule has 8 nitrogen and oxygen atoms in total. The first kappa shape index (κ1) is 19.7. The number of para-hydroxylation sites is 1. The van der Waals surface area contributed by atoms with Crippen LogP contribution in [0.5, 0.6) is 0 Å². The molecular weight excluding hydrogens is 380 g/mol. The molecule has 1 aromatic carbocycles. The van der Waals surface area contributed by atoms with Crippen LogP contribution in [0.2, 0.25) is 5.02 Å². The summed E-state index contributed by atoms with van der Waals surface area (Å²) in [4.78, 5) is 16.0. The average molecular weight is 401 g/mol. The number of rotatable bonds is 7. The predicted octanol–water partition coefficient (Wildman–Crippen LogP) is 3.34. The van der Waals surface area contributed by atoms with E-state index in [1.807, 2.05) is 19.9 Å². The zero-order valence-electron chi connectivity index (χ0n) is 15.5. The number of carbonyl (C=O) groups is 1. The summed E-state index contributed by atoms with van der Waals surface area (Å²) in [6.07, 6.45) is 1.51. The number of aliphatic hydroxyl groups is 1. The molecular formula is C19H21ClN6O2. The van der Waals surface area contributed by atoms with Crippen molar-refractivity contribution in [1.82, 2.24) is 14.8 Å². The summed E-state index contributed by atoms with van der Waals surface area (Å²) in [6.45, 7) is 4.31. The first-order valence-electron chi connectivity index (χ1n) is 8.69. The van der Waals surface area contributed by atoms with Crippen molar-refractivity contribution in [3.05, 3.63) is 58.4 Å². The van der Waals surface area contributed by atoms with Gasteiger partial charge in [-0.3, -0.25) is 4.79 Å². The number of nitrogens with one attached hydrogen (secondary N) is 2. The van der Waals surface area contributed by atoms with Crippen LogP contribution in [0.3, 0.4) is 0 Å². The highest BCUT2D eigenvalue weighted by Gasteiger charge is 2.14. The van der Waals surface area contributed by atoms with Crippen LogP contribution in [0.25, 0.3) is 0 Å². The molecule has 0 radical (unpaired) electrons. The fourth-order valence-electron chi connectivity index (χ4n) is 2.80. The molecule has 0 bridgehead atoms. The lowest BCUT2D eigenvalue weighted by Gasteiger charge is -2.15. The van der Waals surface area contributed by atoms with Gasteiger partial charge < -0.3 is 21.5 Å². The van der Waals surface area contributed by atoms with E-state index in [2.05, 4.69) is 20.7 Å². The number of halogens is 1. The van der Waals surface area contributed by atoms with Crippen LogP contribution in [-0.2, 0) is 13.2 Å². The van der Waals surface area contributed by atoms with Crippen molar-refractivity contribution in [2.45, 2.75) is 27.0 Å². The van der Waals surface area contributed by atoms with Crippen molar-refractivity contribution in [3.63, 3.8) is 0 Å². The Labute approximate surface area is 167 Å². The SMILES string of the molecule is CCn1nc(CO)cc1Nc1cc(Nc2c(C)cccc2C(N)=O)c(Cl)cn1. The number of primary amides is 1. The molecule has 0 aliphatic heterocycles. The Bertz CT molecular complexity index is 1020. The minimum Gasteiger partial charge on any atom is -0.390 e. The Morgan fingerprint density at radius 3 is 2.79 bits per heavy atom. The highest BCUT2D eigenvalue weighted by molar-refractivity contribution is 6.33. The lowest BCUT2D eigenvalue weighted by molar-refractivity contribution is 0.100. The first-order valence-corrected chi connectivity index (χ1v) is 9.07. The van der Waals surface area contributed by atoms with Gasteiger partial charge >= 0.3 is 0 Å². The number of pyridine rings is 1. The van der Waals surface area contributed by atoms with Gasteiger partial charge in [0.1, 0.15) is 11.6 Å². The van der Waals surface area contributed by atoms with E-state index >= 15 is 0 Å². The molecule has 0 spiro atoms. The molecule has 2 aromatic heterocycles. The third-order valence-electron chi connectivity index (χ3n) is 4.20. The number of hydrogen-bond donors (Lipinski definition) is 4. The molecule has 0 atom stereocenters. The summed E-state index contributed by atoms with van der Waals surface area (Å²) in [5.74, 6) is 0.694. The Morgan fingerprint density at radius 1 is 1.32 bits per heavy atom. The standard InChI is InChI=1S/C19H21ClN6O2/c1-3-26-17(7-12(10-27)25-26)24-16-8-15(14(20)9-22-16)23-18-11(2)5-4-6-13(18)19(21)28/h4-9,27H,3,10H2,1-2H3,(H2,21,28)(H2,22,23,24). The Morgan fingerprint density at radius 2 is 2.11 bits per heavy atom. The maximum absolute atomic E-state index is 11.8. The summed E-state index contributed by atoms with van der Waals surface area (Å²) in [5, 5.41) is 20.3. The highest BCUT2D eigenvalue weighted by Crippen LogP contribution is 2.31. The molecule has 0 saturated carbocycles. The number of nitrogens with zero attached hydrogens (tertiary/aromatic N) is 3. The van der Waals surface area contributed by atoms with E-state index in [1.54, 1.807) is 28.9 Å². The van der Waals surface area contributed by atoms with Gasteiger partial charge in [0, 0.05) is 18.7 Å². The summed E-state index contributed by atoms with van der Waals surface area (Å²) in [6, 6.07) is 8.78. The minimum absolute atomic E-state index is 0.147. The van der Waals surface area contributed by atoms with E-state index in [4.69, 9.17) is 17.3 Å². The fourth-order valence-corrected chi connectivity index (χ4v) is 2.95. The predicted molar refractivity (Wildman–Crippen MR) is 109 cm³/mol. The Hall–Kier alpha value is -3.10. The van der Waals surface area contributed by atoms with Crippen molar-refractivity contribution < 1.29 is 9.90 Å². The van der Waals surface area contributed by atoms with Crippen molar-refractivity contribution in [2.75, 3.05) is 10.6 Å². The zero-order valence-corrected chi connectivity index (χ0v) is 16.3. The Balaban J connectivity index is 1.93. The molecule has 0 aliphatic rings.